The molecule has 1 aromatic carbocycles. The molecule has 3 rings (SSSR count). The summed E-state index contributed by atoms with van der Waals surface area (Å²) in [5.41, 5.74) is 1.02. The van der Waals surface area contributed by atoms with Crippen LogP contribution in [0.5, 0.6) is 0 Å². The van der Waals surface area contributed by atoms with E-state index in [-0.39, 0.29) is 0 Å². The van der Waals surface area contributed by atoms with Crippen LogP contribution >= 0.6 is 28.1 Å². The minimum atomic E-state index is 0.461. The van der Waals surface area contributed by atoms with E-state index >= 15 is 0 Å². The minimum Gasteiger partial charge on any atom is -0.250 e. The van der Waals surface area contributed by atoms with Crippen LogP contribution in [0, 0.1) is 4.77 Å². The van der Waals surface area contributed by atoms with Crippen molar-refractivity contribution in [2.75, 3.05) is 0 Å². The third kappa shape index (κ3) is 3.32. The lowest BCUT2D eigenvalue weighted by molar-refractivity contribution is 0.419. The fourth-order valence-corrected chi connectivity index (χ4v) is 3.31. The Morgan fingerprint density at radius 1 is 1.29 bits per heavy atom. The molecule has 0 unspecified atom stereocenters. The summed E-state index contributed by atoms with van der Waals surface area (Å²) in [4.78, 5) is 0. The van der Waals surface area contributed by atoms with E-state index in [1.54, 1.807) is 4.68 Å². The molecule has 1 fully saturated rings. The van der Waals surface area contributed by atoms with E-state index in [1.165, 1.54) is 32.1 Å². The van der Waals surface area contributed by atoms with Gasteiger partial charge in [0.2, 0.25) is 4.77 Å². The van der Waals surface area contributed by atoms with E-state index in [0.29, 0.717) is 10.7 Å². The van der Waals surface area contributed by atoms with Crippen LogP contribution in [0.4, 0.5) is 0 Å². The standard InChI is InChI=1S/C15H17BrN4S/c16-13-9-5-4-8-12(13)10-17-20-14(18-19-15(20)21)11-6-2-1-3-7-11/h4-5,8-11H,1-3,6-7H2,(H,19,21)/b17-10+. The van der Waals surface area contributed by atoms with Gasteiger partial charge in [-0.2, -0.15) is 14.9 Å². The molecular weight excluding hydrogens is 348 g/mol. The monoisotopic (exact) mass is 364 g/mol. The van der Waals surface area contributed by atoms with E-state index in [9.17, 15) is 0 Å². The lowest BCUT2D eigenvalue weighted by Gasteiger charge is -2.19. The number of benzene rings is 1. The number of aromatic nitrogens is 3. The maximum Gasteiger partial charge on any atom is 0.216 e. The molecule has 110 valence electrons. The van der Waals surface area contributed by atoms with Crippen molar-refractivity contribution in [3.05, 3.63) is 44.9 Å². The first kappa shape index (κ1) is 14.7. The van der Waals surface area contributed by atoms with Gasteiger partial charge in [0.1, 0.15) is 0 Å². The Morgan fingerprint density at radius 3 is 2.81 bits per heavy atom. The number of nitrogens with zero attached hydrogens (tertiary/aromatic N) is 3. The maximum atomic E-state index is 5.31. The normalized spacial score (nSPS) is 16.6. The fourth-order valence-electron chi connectivity index (χ4n) is 2.74. The summed E-state index contributed by atoms with van der Waals surface area (Å²) in [7, 11) is 0. The fraction of sp³-hybridized carbons (Fsp3) is 0.400. The highest BCUT2D eigenvalue weighted by Crippen LogP contribution is 2.31. The van der Waals surface area contributed by atoms with Gasteiger partial charge in [0, 0.05) is 16.0 Å². The van der Waals surface area contributed by atoms with E-state index in [1.807, 2.05) is 30.5 Å². The lowest BCUT2D eigenvalue weighted by Crippen LogP contribution is -2.10. The molecule has 0 aliphatic heterocycles. The topological polar surface area (TPSA) is 46.0 Å². The smallest absolute Gasteiger partial charge is 0.216 e. The summed E-state index contributed by atoms with van der Waals surface area (Å²) in [6, 6.07) is 7.98. The first-order valence-corrected chi connectivity index (χ1v) is 8.42. The molecule has 1 saturated carbocycles. The van der Waals surface area contributed by atoms with Crippen LogP contribution < -0.4 is 0 Å². The van der Waals surface area contributed by atoms with Crippen LogP contribution in [0.3, 0.4) is 0 Å². The molecule has 4 nitrogen and oxygen atoms in total. The highest BCUT2D eigenvalue weighted by atomic mass is 79.9. The number of hydrogen-bond donors (Lipinski definition) is 1. The van der Waals surface area contributed by atoms with Gasteiger partial charge in [-0.05, 0) is 31.1 Å². The molecule has 1 aliphatic rings. The highest BCUT2D eigenvalue weighted by molar-refractivity contribution is 9.10. The highest BCUT2D eigenvalue weighted by Gasteiger charge is 2.21. The number of hydrogen-bond acceptors (Lipinski definition) is 3. The number of halogens is 1. The Morgan fingerprint density at radius 2 is 2.05 bits per heavy atom. The Balaban J connectivity index is 1.90. The molecule has 0 saturated heterocycles. The molecular formula is C15H17BrN4S. The molecule has 0 amide bonds. The Bertz CT molecular complexity index is 698. The van der Waals surface area contributed by atoms with Gasteiger partial charge in [0.05, 0.1) is 6.21 Å². The van der Waals surface area contributed by atoms with Crippen molar-refractivity contribution in [3.8, 4) is 0 Å². The molecule has 0 bridgehead atoms. The van der Waals surface area contributed by atoms with Crippen LogP contribution in [-0.2, 0) is 0 Å². The second-order valence-corrected chi connectivity index (χ2v) is 6.54. The summed E-state index contributed by atoms with van der Waals surface area (Å²) < 4.78 is 3.34. The van der Waals surface area contributed by atoms with Gasteiger partial charge >= 0.3 is 0 Å². The van der Waals surface area contributed by atoms with Crippen molar-refractivity contribution < 1.29 is 0 Å². The summed E-state index contributed by atoms with van der Waals surface area (Å²) in [6.45, 7) is 0. The number of H-pyrrole nitrogens is 1. The minimum absolute atomic E-state index is 0.461. The first-order chi connectivity index (χ1) is 10.3. The van der Waals surface area contributed by atoms with Crippen LogP contribution in [0.2, 0.25) is 0 Å². The zero-order valence-electron chi connectivity index (χ0n) is 11.6. The average molecular weight is 365 g/mol. The average Bonchev–Trinajstić information content (AvgIpc) is 2.88. The second kappa shape index (κ2) is 6.66. The zero-order chi connectivity index (χ0) is 14.7. The summed E-state index contributed by atoms with van der Waals surface area (Å²) >= 11 is 8.83. The number of aromatic amines is 1. The van der Waals surface area contributed by atoms with E-state index in [4.69, 9.17) is 12.2 Å². The predicted molar refractivity (Wildman–Crippen MR) is 90.4 cm³/mol. The Hall–Kier alpha value is -1.27. The van der Waals surface area contributed by atoms with Gasteiger partial charge in [-0.1, -0.05) is 53.4 Å². The van der Waals surface area contributed by atoms with Gasteiger partial charge < -0.3 is 0 Å². The summed E-state index contributed by atoms with van der Waals surface area (Å²) in [6.07, 6.45) is 8.01. The molecule has 0 atom stereocenters. The van der Waals surface area contributed by atoms with Gasteiger partial charge in [-0.25, -0.2) is 0 Å². The lowest BCUT2D eigenvalue weighted by atomic mass is 9.89. The van der Waals surface area contributed by atoms with Crippen molar-refractivity contribution in [2.24, 2.45) is 5.10 Å². The molecule has 1 heterocycles. The molecule has 2 aromatic rings. The van der Waals surface area contributed by atoms with Gasteiger partial charge in [-0.3, -0.25) is 5.10 Å². The van der Waals surface area contributed by atoms with Gasteiger partial charge in [0.15, 0.2) is 5.82 Å². The van der Waals surface area contributed by atoms with E-state index < -0.39 is 0 Å². The summed E-state index contributed by atoms with van der Waals surface area (Å²) in [5.74, 6) is 1.42. The SMILES string of the molecule is S=c1[nH]nc(C2CCCCC2)n1/N=C/c1ccccc1Br. The molecule has 0 radical (unpaired) electrons. The third-order valence-corrected chi connectivity index (χ3v) is 4.85. The van der Waals surface area contributed by atoms with E-state index in [0.717, 1.165) is 15.9 Å². The van der Waals surface area contributed by atoms with Crippen LogP contribution in [0.15, 0.2) is 33.8 Å². The summed E-state index contributed by atoms with van der Waals surface area (Å²) in [5, 5.41) is 11.8. The van der Waals surface area contributed by atoms with Crippen molar-refractivity contribution in [3.63, 3.8) is 0 Å². The van der Waals surface area contributed by atoms with Crippen molar-refractivity contribution >= 4 is 34.4 Å². The molecule has 6 heteroatoms. The molecule has 1 N–H and O–H groups in total. The second-order valence-electron chi connectivity index (χ2n) is 5.30. The van der Waals surface area contributed by atoms with Crippen molar-refractivity contribution in [2.45, 2.75) is 38.0 Å². The molecule has 21 heavy (non-hydrogen) atoms. The Kier molecular flexibility index (Phi) is 4.65. The first-order valence-electron chi connectivity index (χ1n) is 7.22. The van der Waals surface area contributed by atoms with Gasteiger partial charge in [-0.15, -0.1) is 0 Å². The van der Waals surface area contributed by atoms with Crippen molar-refractivity contribution in [1.29, 1.82) is 0 Å². The van der Waals surface area contributed by atoms with Crippen LogP contribution in [0.1, 0.15) is 49.4 Å². The quantitative estimate of drug-likeness (QED) is 0.637. The van der Waals surface area contributed by atoms with Crippen LogP contribution in [-0.4, -0.2) is 21.1 Å². The third-order valence-electron chi connectivity index (χ3n) is 3.86. The molecule has 0 spiro atoms. The predicted octanol–water partition coefficient (Wildman–Crippen LogP) is 4.63. The number of nitrogens with one attached hydrogen (secondary N) is 1. The molecule has 1 aromatic heterocycles. The van der Waals surface area contributed by atoms with Crippen molar-refractivity contribution in [1.82, 2.24) is 14.9 Å². The maximum absolute atomic E-state index is 5.31. The largest absolute Gasteiger partial charge is 0.250 e. The number of rotatable bonds is 3. The van der Waals surface area contributed by atoms with Crippen LogP contribution in [0.25, 0.3) is 0 Å². The Labute approximate surface area is 137 Å². The molecule has 1 aliphatic carbocycles. The zero-order valence-corrected chi connectivity index (χ0v) is 14.0. The van der Waals surface area contributed by atoms with E-state index in [2.05, 4.69) is 31.2 Å². The van der Waals surface area contributed by atoms with Gasteiger partial charge in [0.25, 0.3) is 0 Å².